The summed E-state index contributed by atoms with van der Waals surface area (Å²) in [6, 6.07) is 8.95. The highest BCUT2D eigenvalue weighted by Gasteiger charge is 2.16. The molecule has 0 aliphatic carbocycles. The molecule has 106 valence electrons. The third kappa shape index (κ3) is 3.43. The summed E-state index contributed by atoms with van der Waals surface area (Å²) < 4.78 is 10.7. The topological polar surface area (TPSA) is 59.7 Å². The predicted molar refractivity (Wildman–Crippen MR) is 76.7 cm³/mol. The minimum atomic E-state index is -0.391. The Hall–Kier alpha value is -1.72. The van der Waals surface area contributed by atoms with Gasteiger partial charge in [0, 0.05) is 6.07 Å². The molecule has 0 aliphatic rings. The first-order valence-electron chi connectivity index (χ1n) is 6.14. The number of aliphatic hydroxyl groups is 1. The molecule has 0 fully saturated rings. The molecule has 0 atom stereocenters. The maximum absolute atomic E-state index is 12.0. The molecule has 0 saturated heterocycles. The smallest absolute Gasteiger partial charge is 0.342 e. The molecular weight excluding hydrogens is 276 g/mol. The monoisotopic (exact) mass is 292 g/mol. The number of carbonyl (C=O) groups excluding carboxylic acids is 1. The molecule has 1 aromatic heterocycles. The highest BCUT2D eigenvalue weighted by Crippen LogP contribution is 2.23. The first-order valence-corrected chi connectivity index (χ1v) is 7.36. The lowest BCUT2D eigenvalue weighted by Crippen LogP contribution is -2.05. The Balaban J connectivity index is 1.98. The van der Waals surface area contributed by atoms with Crippen LogP contribution in [0.25, 0.3) is 0 Å². The fourth-order valence-corrected chi connectivity index (χ4v) is 2.17. The van der Waals surface area contributed by atoms with Crippen molar-refractivity contribution in [1.29, 1.82) is 0 Å². The van der Waals surface area contributed by atoms with Crippen molar-refractivity contribution in [1.82, 2.24) is 0 Å². The van der Waals surface area contributed by atoms with Gasteiger partial charge in [-0.25, -0.2) is 4.79 Å². The van der Waals surface area contributed by atoms with E-state index in [0.29, 0.717) is 16.4 Å². The quantitative estimate of drug-likeness (QED) is 0.677. The fourth-order valence-electron chi connectivity index (χ4n) is 1.73. The van der Waals surface area contributed by atoms with Crippen LogP contribution in [0.2, 0.25) is 0 Å². The molecule has 20 heavy (non-hydrogen) atoms. The number of carbonyl (C=O) groups is 1. The summed E-state index contributed by atoms with van der Waals surface area (Å²) in [4.78, 5) is 12.0. The van der Waals surface area contributed by atoms with Crippen LogP contribution in [0.1, 0.15) is 27.2 Å². The van der Waals surface area contributed by atoms with Crippen LogP contribution >= 0.6 is 11.8 Å². The number of aliphatic hydroxyl groups excluding tert-OH is 1. The number of hydrogen-bond donors (Lipinski definition) is 1. The zero-order chi connectivity index (χ0) is 14.5. The van der Waals surface area contributed by atoms with Crippen molar-refractivity contribution in [3.05, 3.63) is 52.8 Å². The lowest BCUT2D eigenvalue weighted by Gasteiger charge is -2.04. The van der Waals surface area contributed by atoms with E-state index in [9.17, 15) is 4.79 Å². The largest absolute Gasteiger partial charge is 0.457 e. The average Bonchev–Trinajstić information content (AvgIpc) is 2.86. The van der Waals surface area contributed by atoms with Crippen molar-refractivity contribution in [2.24, 2.45) is 0 Å². The highest BCUT2D eigenvalue weighted by atomic mass is 32.2. The Bertz CT molecular complexity index is 586. The zero-order valence-electron chi connectivity index (χ0n) is 11.4. The maximum atomic E-state index is 12.0. The Kier molecular flexibility index (Phi) is 4.87. The molecule has 2 rings (SSSR count). The molecule has 4 nitrogen and oxygen atoms in total. The van der Waals surface area contributed by atoms with E-state index >= 15 is 0 Å². The van der Waals surface area contributed by atoms with E-state index in [1.54, 1.807) is 25.1 Å². The number of aryl methyl sites for hydroxylation is 1. The molecular formula is C15H16O4S. The standard InChI is InChI=1S/C15H16O4S/c1-10-13(7-14(19-10)20-2)15(17)18-9-12-5-3-11(8-16)4-6-12/h3-7,16H,8-9H2,1-2H3. The molecule has 0 radical (unpaired) electrons. The molecule has 1 aromatic carbocycles. The van der Waals surface area contributed by atoms with Crippen molar-refractivity contribution >= 4 is 17.7 Å². The average molecular weight is 292 g/mol. The Morgan fingerprint density at radius 2 is 1.95 bits per heavy atom. The van der Waals surface area contributed by atoms with Gasteiger partial charge in [0.2, 0.25) is 0 Å². The van der Waals surface area contributed by atoms with E-state index < -0.39 is 5.97 Å². The van der Waals surface area contributed by atoms with Gasteiger partial charge < -0.3 is 14.3 Å². The third-order valence-corrected chi connectivity index (χ3v) is 3.50. The number of rotatable bonds is 5. The van der Waals surface area contributed by atoms with Crippen LogP contribution in [0.15, 0.2) is 39.8 Å². The van der Waals surface area contributed by atoms with Crippen LogP contribution in [-0.2, 0) is 18.0 Å². The van der Waals surface area contributed by atoms with Crippen LogP contribution in [0, 0.1) is 6.92 Å². The van der Waals surface area contributed by atoms with Gasteiger partial charge in [0.25, 0.3) is 0 Å². The number of furan rings is 1. The van der Waals surface area contributed by atoms with Crippen LogP contribution < -0.4 is 0 Å². The molecule has 1 heterocycles. The summed E-state index contributed by atoms with van der Waals surface area (Å²) in [5.74, 6) is 0.174. The summed E-state index contributed by atoms with van der Waals surface area (Å²) in [5.41, 5.74) is 2.17. The SMILES string of the molecule is CSc1cc(C(=O)OCc2ccc(CO)cc2)c(C)o1. The summed E-state index contributed by atoms with van der Waals surface area (Å²) in [6.07, 6.45) is 1.89. The van der Waals surface area contributed by atoms with E-state index in [2.05, 4.69) is 0 Å². The lowest BCUT2D eigenvalue weighted by atomic mass is 10.1. The summed E-state index contributed by atoms with van der Waals surface area (Å²) in [5, 5.41) is 9.65. The summed E-state index contributed by atoms with van der Waals surface area (Å²) in [6.45, 7) is 1.95. The fraction of sp³-hybridized carbons (Fsp3) is 0.267. The molecule has 5 heteroatoms. The van der Waals surface area contributed by atoms with E-state index in [1.807, 2.05) is 18.4 Å². The molecule has 0 amide bonds. The van der Waals surface area contributed by atoms with Gasteiger partial charge in [-0.3, -0.25) is 0 Å². The first-order chi connectivity index (χ1) is 9.63. The minimum absolute atomic E-state index is 0.00570. The highest BCUT2D eigenvalue weighted by molar-refractivity contribution is 7.98. The molecule has 2 aromatic rings. The number of thioether (sulfide) groups is 1. The van der Waals surface area contributed by atoms with Crippen molar-refractivity contribution in [3.8, 4) is 0 Å². The van der Waals surface area contributed by atoms with Gasteiger partial charge in [0.1, 0.15) is 17.9 Å². The van der Waals surface area contributed by atoms with Crippen LogP contribution in [0.3, 0.4) is 0 Å². The van der Waals surface area contributed by atoms with Gasteiger partial charge in [0.05, 0.1) is 6.61 Å². The molecule has 1 N–H and O–H groups in total. The van der Waals surface area contributed by atoms with E-state index in [0.717, 1.165) is 11.1 Å². The van der Waals surface area contributed by atoms with Crippen LogP contribution in [0.5, 0.6) is 0 Å². The maximum Gasteiger partial charge on any atom is 0.342 e. The minimum Gasteiger partial charge on any atom is -0.457 e. The lowest BCUT2D eigenvalue weighted by molar-refractivity contribution is 0.0470. The van der Waals surface area contributed by atoms with Gasteiger partial charge in [0.15, 0.2) is 5.09 Å². The molecule has 0 saturated carbocycles. The van der Waals surface area contributed by atoms with E-state index in [4.69, 9.17) is 14.3 Å². The Labute approximate surface area is 121 Å². The van der Waals surface area contributed by atoms with Crippen molar-refractivity contribution in [3.63, 3.8) is 0 Å². The summed E-state index contributed by atoms with van der Waals surface area (Å²) >= 11 is 1.44. The predicted octanol–water partition coefficient (Wildman–Crippen LogP) is 3.16. The molecule has 0 spiro atoms. The Morgan fingerprint density at radius 3 is 2.50 bits per heavy atom. The van der Waals surface area contributed by atoms with Gasteiger partial charge >= 0.3 is 5.97 Å². The van der Waals surface area contributed by atoms with E-state index in [-0.39, 0.29) is 13.2 Å². The van der Waals surface area contributed by atoms with Crippen molar-refractivity contribution in [2.75, 3.05) is 6.26 Å². The van der Waals surface area contributed by atoms with E-state index in [1.165, 1.54) is 11.8 Å². The molecule has 0 unspecified atom stereocenters. The number of benzene rings is 1. The second-order valence-corrected chi connectivity index (χ2v) is 5.10. The van der Waals surface area contributed by atoms with Crippen LogP contribution in [-0.4, -0.2) is 17.3 Å². The number of esters is 1. The van der Waals surface area contributed by atoms with Crippen LogP contribution in [0.4, 0.5) is 0 Å². The van der Waals surface area contributed by atoms with Gasteiger partial charge in [-0.05, 0) is 24.3 Å². The molecule has 0 bridgehead atoms. The van der Waals surface area contributed by atoms with Gasteiger partial charge in [-0.2, -0.15) is 0 Å². The Morgan fingerprint density at radius 1 is 1.30 bits per heavy atom. The zero-order valence-corrected chi connectivity index (χ0v) is 12.2. The summed E-state index contributed by atoms with van der Waals surface area (Å²) in [7, 11) is 0. The second-order valence-electron chi connectivity index (χ2n) is 4.29. The van der Waals surface area contributed by atoms with Gasteiger partial charge in [-0.15, -0.1) is 0 Å². The van der Waals surface area contributed by atoms with Crippen molar-refractivity contribution < 1.29 is 19.1 Å². The number of ether oxygens (including phenoxy) is 1. The normalized spacial score (nSPS) is 10.6. The van der Waals surface area contributed by atoms with Gasteiger partial charge in [-0.1, -0.05) is 36.0 Å². The molecule has 0 aliphatic heterocycles. The third-order valence-electron chi connectivity index (χ3n) is 2.89. The second kappa shape index (κ2) is 6.63. The van der Waals surface area contributed by atoms with Crippen molar-refractivity contribution in [2.45, 2.75) is 25.2 Å². The first kappa shape index (κ1) is 14.7. The number of hydrogen-bond acceptors (Lipinski definition) is 5.